The second-order valence-corrected chi connectivity index (χ2v) is 4.79. The van der Waals surface area contributed by atoms with Crippen molar-refractivity contribution in [2.24, 2.45) is 0 Å². The Morgan fingerprint density at radius 2 is 2.38 bits per heavy atom. The molecule has 6 heteroatoms. The summed E-state index contributed by atoms with van der Waals surface area (Å²) >= 11 is 0. The standard InChI is InChI=1S/C15H18N2O4/c1-2-12-10-17(7-8-21-12)15(20)13-5-6-16-9-11(13)3-4-14(18)19/h3-6,9,12H,2,7-8,10H2,1H3,(H,18,19). The van der Waals surface area contributed by atoms with Gasteiger partial charge in [-0.05, 0) is 18.6 Å². The van der Waals surface area contributed by atoms with Crippen molar-refractivity contribution in [3.05, 3.63) is 35.7 Å². The third-order valence-electron chi connectivity index (χ3n) is 3.37. The van der Waals surface area contributed by atoms with Crippen LogP contribution < -0.4 is 0 Å². The Hall–Kier alpha value is -2.21. The fourth-order valence-electron chi connectivity index (χ4n) is 2.22. The van der Waals surface area contributed by atoms with Crippen molar-refractivity contribution in [1.82, 2.24) is 9.88 Å². The van der Waals surface area contributed by atoms with Crippen molar-refractivity contribution in [2.45, 2.75) is 19.4 Å². The molecule has 1 atom stereocenters. The maximum Gasteiger partial charge on any atom is 0.328 e. The number of amides is 1. The summed E-state index contributed by atoms with van der Waals surface area (Å²) in [5.74, 6) is -1.18. The Bertz CT molecular complexity index is 556. The molecule has 0 saturated carbocycles. The van der Waals surface area contributed by atoms with Crippen LogP contribution in [0, 0.1) is 0 Å². The van der Waals surface area contributed by atoms with Gasteiger partial charge in [0.25, 0.3) is 5.91 Å². The first-order valence-electron chi connectivity index (χ1n) is 6.87. The van der Waals surface area contributed by atoms with Crippen molar-refractivity contribution in [3.63, 3.8) is 0 Å². The maximum absolute atomic E-state index is 12.6. The van der Waals surface area contributed by atoms with Gasteiger partial charge in [-0.1, -0.05) is 6.92 Å². The number of carbonyl (C=O) groups is 2. The summed E-state index contributed by atoms with van der Waals surface area (Å²) in [4.78, 5) is 28.9. The Morgan fingerprint density at radius 1 is 1.57 bits per heavy atom. The lowest BCUT2D eigenvalue weighted by Crippen LogP contribution is -2.45. The molecular weight excluding hydrogens is 272 g/mol. The van der Waals surface area contributed by atoms with Gasteiger partial charge in [0.15, 0.2) is 0 Å². The first-order chi connectivity index (χ1) is 10.1. The lowest BCUT2D eigenvalue weighted by molar-refractivity contribution is -0.131. The summed E-state index contributed by atoms with van der Waals surface area (Å²) in [7, 11) is 0. The molecule has 1 aromatic heterocycles. The molecule has 0 radical (unpaired) electrons. The third kappa shape index (κ3) is 3.88. The smallest absolute Gasteiger partial charge is 0.328 e. The predicted octanol–water partition coefficient (Wildman–Crippen LogP) is 1.43. The summed E-state index contributed by atoms with van der Waals surface area (Å²) in [6.45, 7) is 3.64. The number of ether oxygens (including phenoxy) is 1. The molecule has 1 saturated heterocycles. The largest absolute Gasteiger partial charge is 0.478 e. The van der Waals surface area contributed by atoms with E-state index in [9.17, 15) is 9.59 Å². The van der Waals surface area contributed by atoms with Crippen LogP contribution in [0.25, 0.3) is 6.08 Å². The van der Waals surface area contributed by atoms with Crippen LogP contribution in [-0.4, -0.2) is 52.7 Å². The number of carboxylic acids is 1. The lowest BCUT2D eigenvalue weighted by Gasteiger charge is -2.32. The minimum Gasteiger partial charge on any atom is -0.478 e. The van der Waals surface area contributed by atoms with E-state index < -0.39 is 5.97 Å². The third-order valence-corrected chi connectivity index (χ3v) is 3.37. The summed E-state index contributed by atoms with van der Waals surface area (Å²) in [6.07, 6.45) is 6.32. The molecule has 0 bridgehead atoms. The van der Waals surface area contributed by atoms with Gasteiger partial charge in [0.1, 0.15) is 0 Å². The molecule has 112 valence electrons. The molecule has 1 amide bonds. The summed E-state index contributed by atoms with van der Waals surface area (Å²) < 4.78 is 5.55. The van der Waals surface area contributed by atoms with E-state index in [1.54, 1.807) is 11.0 Å². The zero-order valence-electron chi connectivity index (χ0n) is 11.9. The van der Waals surface area contributed by atoms with Gasteiger partial charge >= 0.3 is 5.97 Å². The average Bonchev–Trinajstić information content (AvgIpc) is 2.52. The van der Waals surface area contributed by atoms with Crippen LogP contribution in [0.5, 0.6) is 0 Å². The van der Waals surface area contributed by atoms with E-state index in [0.717, 1.165) is 12.5 Å². The second-order valence-electron chi connectivity index (χ2n) is 4.79. The summed E-state index contributed by atoms with van der Waals surface area (Å²) in [6, 6.07) is 1.61. The topological polar surface area (TPSA) is 79.7 Å². The number of carbonyl (C=O) groups excluding carboxylic acids is 1. The summed E-state index contributed by atoms with van der Waals surface area (Å²) in [5, 5.41) is 8.70. The van der Waals surface area contributed by atoms with Crippen LogP contribution in [0.15, 0.2) is 24.5 Å². The highest BCUT2D eigenvalue weighted by molar-refractivity contribution is 5.98. The number of aromatic nitrogens is 1. The molecule has 6 nitrogen and oxygen atoms in total. The maximum atomic E-state index is 12.6. The first kappa shape index (κ1) is 15.2. The van der Waals surface area contributed by atoms with Gasteiger partial charge in [-0.15, -0.1) is 0 Å². The van der Waals surface area contributed by atoms with E-state index in [4.69, 9.17) is 9.84 Å². The molecule has 0 aliphatic carbocycles. The molecule has 1 aliphatic rings. The number of morpholine rings is 1. The van der Waals surface area contributed by atoms with Crippen LogP contribution >= 0.6 is 0 Å². The number of hydrogen-bond donors (Lipinski definition) is 1. The highest BCUT2D eigenvalue weighted by Crippen LogP contribution is 2.16. The quantitative estimate of drug-likeness (QED) is 0.849. The van der Waals surface area contributed by atoms with E-state index in [1.807, 2.05) is 6.92 Å². The van der Waals surface area contributed by atoms with E-state index >= 15 is 0 Å². The van der Waals surface area contributed by atoms with Gasteiger partial charge in [-0.25, -0.2) is 4.79 Å². The van der Waals surface area contributed by atoms with Crippen molar-refractivity contribution in [3.8, 4) is 0 Å². The highest BCUT2D eigenvalue weighted by Gasteiger charge is 2.25. The first-order valence-corrected chi connectivity index (χ1v) is 6.87. The van der Waals surface area contributed by atoms with E-state index in [1.165, 1.54) is 18.5 Å². The van der Waals surface area contributed by atoms with Crippen molar-refractivity contribution in [2.75, 3.05) is 19.7 Å². The molecular formula is C15H18N2O4. The number of pyridine rings is 1. The van der Waals surface area contributed by atoms with E-state index in [2.05, 4.69) is 4.98 Å². The number of hydrogen-bond acceptors (Lipinski definition) is 4. The van der Waals surface area contributed by atoms with Gasteiger partial charge in [-0.2, -0.15) is 0 Å². The Morgan fingerprint density at radius 3 is 3.10 bits per heavy atom. The fourth-order valence-corrected chi connectivity index (χ4v) is 2.22. The molecule has 0 aromatic carbocycles. The van der Waals surface area contributed by atoms with Crippen LogP contribution in [0.3, 0.4) is 0 Å². The lowest BCUT2D eigenvalue weighted by atomic mass is 10.1. The molecule has 1 N–H and O–H groups in total. The van der Waals surface area contributed by atoms with Crippen LogP contribution in [0.4, 0.5) is 0 Å². The van der Waals surface area contributed by atoms with Crippen LogP contribution in [0.1, 0.15) is 29.3 Å². The molecule has 1 fully saturated rings. The molecule has 2 rings (SSSR count). The average molecular weight is 290 g/mol. The predicted molar refractivity (Wildman–Crippen MR) is 76.8 cm³/mol. The SMILES string of the molecule is CCC1CN(C(=O)c2ccncc2C=CC(=O)O)CCO1. The Kier molecular flexibility index (Phi) is 5.05. The van der Waals surface area contributed by atoms with Gasteiger partial charge in [0.05, 0.1) is 12.7 Å². The van der Waals surface area contributed by atoms with Crippen molar-refractivity contribution in [1.29, 1.82) is 0 Å². The van der Waals surface area contributed by atoms with E-state index in [0.29, 0.717) is 30.8 Å². The molecule has 2 heterocycles. The minimum atomic E-state index is -1.06. The normalized spacial score (nSPS) is 18.9. The van der Waals surface area contributed by atoms with Crippen molar-refractivity contribution >= 4 is 18.0 Å². The number of nitrogens with zero attached hydrogens (tertiary/aromatic N) is 2. The zero-order chi connectivity index (χ0) is 15.2. The number of rotatable bonds is 4. The molecule has 21 heavy (non-hydrogen) atoms. The number of carboxylic acid groups (broad SMARTS) is 1. The van der Waals surface area contributed by atoms with E-state index in [-0.39, 0.29) is 12.0 Å². The molecule has 1 aromatic rings. The van der Waals surface area contributed by atoms with Crippen LogP contribution in [0.2, 0.25) is 0 Å². The highest BCUT2D eigenvalue weighted by atomic mass is 16.5. The van der Waals surface area contributed by atoms with Gasteiger partial charge < -0.3 is 14.7 Å². The van der Waals surface area contributed by atoms with Crippen molar-refractivity contribution < 1.29 is 19.4 Å². The fraction of sp³-hybridized carbons (Fsp3) is 0.400. The minimum absolute atomic E-state index is 0.0579. The summed E-state index contributed by atoms with van der Waals surface area (Å²) in [5.41, 5.74) is 0.962. The second kappa shape index (κ2) is 6.99. The van der Waals surface area contributed by atoms with Gasteiger partial charge in [0, 0.05) is 42.7 Å². The zero-order valence-corrected chi connectivity index (χ0v) is 11.9. The molecule has 1 unspecified atom stereocenters. The molecule has 1 aliphatic heterocycles. The Labute approximate surface area is 123 Å². The number of aliphatic carboxylic acids is 1. The monoisotopic (exact) mass is 290 g/mol. The van der Waals surface area contributed by atoms with Gasteiger partial charge in [-0.3, -0.25) is 9.78 Å². The Balaban J connectivity index is 2.20. The van der Waals surface area contributed by atoms with Crippen LogP contribution in [-0.2, 0) is 9.53 Å². The van der Waals surface area contributed by atoms with Gasteiger partial charge in [0.2, 0.25) is 0 Å². The molecule has 0 spiro atoms.